The van der Waals surface area contributed by atoms with Crippen molar-refractivity contribution in [2.24, 2.45) is 11.8 Å². The van der Waals surface area contributed by atoms with Crippen molar-refractivity contribution in [2.75, 3.05) is 33.3 Å². The Kier molecular flexibility index (Phi) is 6.28. The van der Waals surface area contributed by atoms with Crippen LogP contribution in [0, 0.1) is 11.8 Å². The van der Waals surface area contributed by atoms with Crippen molar-refractivity contribution < 1.29 is 9.53 Å². The van der Waals surface area contributed by atoms with Gasteiger partial charge in [0.25, 0.3) is 5.91 Å². The summed E-state index contributed by atoms with van der Waals surface area (Å²) >= 11 is 6.32. The second kappa shape index (κ2) is 8.67. The molecule has 0 aliphatic carbocycles. The van der Waals surface area contributed by atoms with Gasteiger partial charge in [-0.25, -0.2) is 0 Å². The number of aromatic nitrogens is 4. The molecule has 1 N–H and O–H groups in total. The van der Waals surface area contributed by atoms with Crippen LogP contribution in [0.1, 0.15) is 30.6 Å². The van der Waals surface area contributed by atoms with Crippen LogP contribution in [-0.4, -0.2) is 64.3 Å². The number of ether oxygens (including phenoxy) is 1. The number of hydrogen-bond donors (Lipinski definition) is 1. The summed E-state index contributed by atoms with van der Waals surface area (Å²) in [5.74, 6) is 1.60. The maximum absolute atomic E-state index is 12.6. The monoisotopic (exact) mass is 392 g/mol. The molecule has 2 atom stereocenters. The van der Waals surface area contributed by atoms with Crippen LogP contribution < -0.4 is 10.1 Å². The van der Waals surface area contributed by atoms with Crippen LogP contribution in [-0.2, 0) is 0 Å². The molecule has 27 heavy (non-hydrogen) atoms. The van der Waals surface area contributed by atoms with E-state index in [0.717, 1.165) is 19.6 Å². The molecular formula is C18H25ClN6O2. The zero-order chi connectivity index (χ0) is 19.4. The largest absolute Gasteiger partial charge is 0.496 e. The lowest BCUT2D eigenvalue weighted by atomic mass is 9.92. The third-order valence-electron chi connectivity index (χ3n) is 4.77. The number of likely N-dealkylation sites (tertiary alicyclic amines) is 1. The zero-order valence-corrected chi connectivity index (χ0v) is 16.6. The van der Waals surface area contributed by atoms with Crippen LogP contribution in [0.2, 0.25) is 5.02 Å². The Bertz CT molecular complexity index is 772. The van der Waals surface area contributed by atoms with E-state index in [2.05, 4.69) is 39.6 Å². The molecule has 1 aliphatic rings. The lowest BCUT2D eigenvalue weighted by molar-refractivity contribution is 0.0933. The molecule has 1 aliphatic heterocycles. The normalized spacial score (nSPS) is 20.4. The number of methoxy groups -OCH3 is 1. The van der Waals surface area contributed by atoms with E-state index in [9.17, 15) is 4.79 Å². The molecule has 1 amide bonds. The van der Waals surface area contributed by atoms with Gasteiger partial charge < -0.3 is 15.0 Å². The fourth-order valence-electron chi connectivity index (χ4n) is 3.73. The van der Waals surface area contributed by atoms with Crippen molar-refractivity contribution in [3.8, 4) is 11.4 Å². The molecule has 1 aromatic carbocycles. The Labute approximate surface area is 163 Å². The maximum Gasteiger partial charge on any atom is 0.255 e. The molecule has 1 aromatic heterocycles. The first-order chi connectivity index (χ1) is 13.0. The van der Waals surface area contributed by atoms with Gasteiger partial charge in [0.1, 0.15) is 12.1 Å². The first kappa shape index (κ1) is 19.6. The van der Waals surface area contributed by atoms with Gasteiger partial charge in [-0.05, 0) is 34.7 Å². The molecule has 8 nitrogen and oxygen atoms in total. The summed E-state index contributed by atoms with van der Waals surface area (Å²) in [4.78, 5) is 15.0. The van der Waals surface area contributed by atoms with Crippen LogP contribution in [0.5, 0.6) is 5.75 Å². The molecule has 2 heterocycles. The van der Waals surface area contributed by atoms with Gasteiger partial charge in [0.15, 0.2) is 0 Å². The average molecular weight is 393 g/mol. The van der Waals surface area contributed by atoms with Crippen molar-refractivity contribution >= 4 is 17.5 Å². The molecule has 9 heteroatoms. The quantitative estimate of drug-likeness (QED) is 0.809. The topological polar surface area (TPSA) is 85.2 Å². The molecule has 0 radical (unpaired) electrons. The highest BCUT2D eigenvalue weighted by Crippen LogP contribution is 2.29. The number of nitrogens with one attached hydrogen (secondary N) is 1. The lowest BCUT2D eigenvalue weighted by Gasteiger charge is -2.34. The molecule has 146 valence electrons. The fourth-order valence-corrected chi connectivity index (χ4v) is 3.98. The second-order valence-electron chi connectivity index (χ2n) is 7.22. The molecule has 0 spiro atoms. The van der Waals surface area contributed by atoms with Crippen LogP contribution >= 0.6 is 11.6 Å². The Hall–Kier alpha value is -2.19. The van der Waals surface area contributed by atoms with Crippen LogP contribution in [0.25, 0.3) is 5.69 Å². The van der Waals surface area contributed by atoms with E-state index in [-0.39, 0.29) is 5.91 Å². The number of nitrogens with zero attached hydrogens (tertiary/aromatic N) is 5. The van der Waals surface area contributed by atoms with Crippen LogP contribution in [0.4, 0.5) is 0 Å². The summed E-state index contributed by atoms with van der Waals surface area (Å²) in [5.41, 5.74) is 0.936. The minimum Gasteiger partial charge on any atom is -0.496 e. The van der Waals surface area contributed by atoms with Gasteiger partial charge in [-0.1, -0.05) is 25.4 Å². The molecule has 1 saturated heterocycles. The summed E-state index contributed by atoms with van der Waals surface area (Å²) < 4.78 is 6.79. The van der Waals surface area contributed by atoms with E-state index in [4.69, 9.17) is 16.3 Å². The average Bonchev–Trinajstić information content (AvgIpc) is 3.15. The Morgan fingerprint density at radius 3 is 2.70 bits per heavy atom. The number of piperidine rings is 1. The smallest absolute Gasteiger partial charge is 0.255 e. The molecular weight excluding hydrogens is 368 g/mol. The third-order valence-corrected chi connectivity index (χ3v) is 5.07. The summed E-state index contributed by atoms with van der Waals surface area (Å²) in [7, 11) is 1.51. The van der Waals surface area contributed by atoms with Gasteiger partial charge in [-0.15, -0.1) is 5.10 Å². The number of tetrazole rings is 1. The minimum absolute atomic E-state index is 0.213. The van der Waals surface area contributed by atoms with E-state index < -0.39 is 0 Å². The molecule has 3 rings (SSSR count). The highest BCUT2D eigenvalue weighted by molar-refractivity contribution is 6.33. The fraction of sp³-hybridized carbons (Fsp3) is 0.556. The van der Waals surface area contributed by atoms with Crippen molar-refractivity contribution in [1.29, 1.82) is 0 Å². The number of carbonyl (C=O) groups excluding carboxylic acids is 1. The van der Waals surface area contributed by atoms with Crippen molar-refractivity contribution in [1.82, 2.24) is 30.4 Å². The Morgan fingerprint density at radius 1 is 1.33 bits per heavy atom. The van der Waals surface area contributed by atoms with Crippen LogP contribution in [0.15, 0.2) is 18.5 Å². The summed E-state index contributed by atoms with van der Waals surface area (Å²) in [6.45, 7) is 8.12. The Morgan fingerprint density at radius 2 is 2.07 bits per heavy atom. The van der Waals surface area contributed by atoms with Gasteiger partial charge in [-0.3, -0.25) is 4.79 Å². The van der Waals surface area contributed by atoms with E-state index >= 15 is 0 Å². The van der Waals surface area contributed by atoms with Gasteiger partial charge in [0.05, 0.1) is 23.4 Å². The first-order valence-corrected chi connectivity index (χ1v) is 9.47. The maximum atomic E-state index is 12.6. The molecule has 0 bridgehead atoms. The van der Waals surface area contributed by atoms with E-state index in [1.54, 1.807) is 12.1 Å². The summed E-state index contributed by atoms with van der Waals surface area (Å²) in [6, 6.07) is 3.24. The second-order valence-corrected chi connectivity index (χ2v) is 7.63. The summed E-state index contributed by atoms with van der Waals surface area (Å²) in [5, 5.41) is 14.3. The van der Waals surface area contributed by atoms with E-state index in [1.165, 1.54) is 24.5 Å². The van der Waals surface area contributed by atoms with Crippen molar-refractivity contribution in [2.45, 2.75) is 20.3 Å². The van der Waals surface area contributed by atoms with Crippen molar-refractivity contribution in [3.63, 3.8) is 0 Å². The molecule has 2 aromatic rings. The predicted octanol–water partition coefficient (Wildman–Crippen LogP) is 2.03. The first-order valence-electron chi connectivity index (χ1n) is 9.09. The Balaban J connectivity index is 1.65. The number of hydrogen-bond acceptors (Lipinski definition) is 6. The summed E-state index contributed by atoms with van der Waals surface area (Å²) in [6.07, 6.45) is 2.70. The highest BCUT2D eigenvalue weighted by atomic mass is 35.5. The molecule has 2 unspecified atom stereocenters. The number of halogens is 1. The third kappa shape index (κ3) is 4.75. The van der Waals surface area contributed by atoms with Gasteiger partial charge in [-0.2, -0.15) is 4.68 Å². The number of carbonyl (C=O) groups is 1. The number of amides is 1. The number of rotatable bonds is 6. The van der Waals surface area contributed by atoms with Crippen LogP contribution in [0.3, 0.4) is 0 Å². The van der Waals surface area contributed by atoms with Gasteiger partial charge in [0, 0.05) is 32.2 Å². The lowest BCUT2D eigenvalue weighted by Crippen LogP contribution is -2.42. The zero-order valence-electron chi connectivity index (χ0n) is 15.9. The molecule has 0 saturated carbocycles. The van der Waals surface area contributed by atoms with E-state index in [0.29, 0.717) is 40.4 Å². The standard InChI is InChI=1S/C18H25ClN6O2/c1-12-6-13(2)10-24(9-12)5-4-20-18(26)14-7-15(19)16(8-17(14)27-3)25-11-21-22-23-25/h7-8,11-13H,4-6,9-10H2,1-3H3,(H,20,26). The minimum atomic E-state index is -0.213. The molecule has 1 fully saturated rings. The highest BCUT2D eigenvalue weighted by Gasteiger charge is 2.22. The number of benzene rings is 1. The van der Waals surface area contributed by atoms with Gasteiger partial charge in [0.2, 0.25) is 0 Å². The van der Waals surface area contributed by atoms with Gasteiger partial charge >= 0.3 is 0 Å². The van der Waals surface area contributed by atoms with Crippen molar-refractivity contribution in [3.05, 3.63) is 29.0 Å². The SMILES string of the molecule is COc1cc(-n2cnnn2)c(Cl)cc1C(=O)NCCN1CC(C)CC(C)C1. The van der Waals surface area contributed by atoms with E-state index in [1.807, 2.05) is 0 Å². The predicted molar refractivity (Wildman–Crippen MR) is 102 cm³/mol.